The quantitative estimate of drug-likeness (QED) is 0.844. The van der Waals surface area contributed by atoms with Gasteiger partial charge < -0.3 is 14.8 Å². The van der Waals surface area contributed by atoms with Gasteiger partial charge in [0.05, 0.1) is 12.1 Å². The summed E-state index contributed by atoms with van der Waals surface area (Å²) in [6.07, 6.45) is 1.78. The molecule has 1 aromatic heterocycles. The van der Waals surface area contributed by atoms with Crippen LogP contribution in [0.4, 0.5) is 0 Å². The van der Waals surface area contributed by atoms with Gasteiger partial charge in [0.25, 0.3) is 0 Å². The minimum absolute atomic E-state index is 0.00851. The van der Waals surface area contributed by atoms with E-state index in [9.17, 15) is 0 Å². The molecule has 0 saturated carbocycles. The van der Waals surface area contributed by atoms with Gasteiger partial charge >= 0.3 is 0 Å². The zero-order valence-corrected chi connectivity index (χ0v) is 10.7. The summed E-state index contributed by atoms with van der Waals surface area (Å²) in [5.74, 6) is 0.845. The number of hydrogen-bond donors (Lipinski definition) is 1. The first-order valence-electron chi connectivity index (χ1n) is 5.99. The summed E-state index contributed by atoms with van der Waals surface area (Å²) in [6.45, 7) is 1.29. The molecule has 18 heavy (non-hydrogen) atoms. The molecular formula is C14H18N2O2. The standard InChI is InChI=1S/C14H18N2O2/c1-15-9-11(10-17-2)18-14-7-3-6-13-12(14)5-4-8-16-13/h3-8,11,15H,9-10H2,1-2H3. The van der Waals surface area contributed by atoms with E-state index in [0.29, 0.717) is 6.61 Å². The highest BCUT2D eigenvalue weighted by Crippen LogP contribution is 2.24. The van der Waals surface area contributed by atoms with Gasteiger partial charge in [-0.05, 0) is 31.3 Å². The molecule has 0 amide bonds. The second-order valence-corrected chi connectivity index (χ2v) is 4.08. The Hall–Kier alpha value is -1.65. The van der Waals surface area contributed by atoms with Crippen LogP contribution in [0.3, 0.4) is 0 Å². The number of ether oxygens (including phenoxy) is 2. The van der Waals surface area contributed by atoms with Gasteiger partial charge in [0.1, 0.15) is 11.9 Å². The van der Waals surface area contributed by atoms with Gasteiger partial charge in [0.15, 0.2) is 0 Å². The lowest BCUT2D eigenvalue weighted by atomic mass is 10.2. The van der Waals surface area contributed by atoms with Crippen molar-refractivity contribution in [1.82, 2.24) is 10.3 Å². The van der Waals surface area contributed by atoms with Gasteiger partial charge in [-0.1, -0.05) is 6.07 Å². The number of benzene rings is 1. The molecule has 0 saturated heterocycles. The van der Waals surface area contributed by atoms with Crippen LogP contribution in [-0.2, 0) is 4.74 Å². The minimum Gasteiger partial charge on any atom is -0.486 e. The van der Waals surface area contributed by atoms with E-state index in [1.165, 1.54) is 0 Å². The van der Waals surface area contributed by atoms with E-state index < -0.39 is 0 Å². The molecule has 0 spiro atoms. The monoisotopic (exact) mass is 246 g/mol. The van der Waals surface area contributed by atoms with E-state index >= 15 is 0 Å². The van der Waals surface area contributed by atoms with Gasteiger partial charge in [-0.15, -0.1) is 0 Å². The van der Waals surface area contributed by atoms with Crippen molar-refractivity contribution in [1.29, 1.82) is 0 Å². The van der Waals surface area contributed by atoms with E-state index in [4.69, 9.17) is 9.47 Å². The number of methoxy groups -OCH3 is 1. The molecule has 0 bridgehead atoms. The van der Waals surface area contributed by atoms with E-state index in [-0.39, 0.29) is 6.10 Å². The highest BCUT2D eigenvalue weighted by atomic mass is 16.5. The number of rotatable bonds is 6. The summed E-state index contributed by atoms with van der Waals surface area (Å²) in [5, 5.41) is 4.13. The molecular weight excluding hydrogens is 228 g/mol. The first-order chi connectivity index (χ1) is 8.85. The second-order valence-electron chi connectivity index (χ2n) is 4.08. The Morgan fingerprint density at radius 3 is 2.94 bits per heavy atom. The van der Waals surface area contributed by atoms with Gasteiger partial charge in [0, 0.05) is 25.2 Å². The Bertz CT molecular complexity index is 491. The number of pyridine rings is 1. The highest BCUT2D eigenvalue weighted by molar-refractivity contribution is 5.84. The minimum atomic E-state index is -0.00851. The van der Waals surface area contributed by atoms with Gasteiger partial charge in [0.2, 0.25) is 0 Å². The summed E-state index contributed by atoms with van der Waals surface area (Å²) in [7, 11) is 3.58. The molecule has 1 unspecified atom stereocenters. The first kappa shape index (κ1) is 12.8. The molecule has 1 N–H and O–H groups in total. The predicted molar refractivity (Wildman–Crippen MR) is 72.0 cm³/mol. The normalized spacial score (nSPS) is 12.6. The molecule has 4 heteroatoms. The van der Waals surface area contributed by atoms with Crippen LogP contribution in [-0.4, -0.2) is 38.4 Å². The number of aromatic nitrogens is 1. The molecule has 0 fully saturated rings. The molecule has 4 nitrogen and oxygen atoms in total. The number of hydrogen-bond acceptors (Lipinski definition) is 4. The Morgan fingerprint density at radius 1 is 1.28 bits per heavy atom. The Kier molecular flexibility index (Phi) is 4.50. The number of fused-ring (bicyclic) bond motifs is 1. The molecule has 0 radical (unpaired) electrons. The Balaban J connectivity index is 2.24. The van der Waals surface area contributed by atoms with E-state index in [1.807, 2.05) is 37.4 Å². The van der Waals surface area contributed by atoms with Crippen molar-refractivity contribution >= 4 is 10.9 Å². The van der Waals surface area contributed by atoms with Gasteiger partial charge in [-0.3, -0.25) is 4.98 Å². The van der Waals surface area contributed by atoms with Crippen molar-refractivity contribution in [3.05, 3.63) is 36.5 Å². The van der Waals surface area contributed by atoms with Crippen LogP contribution in [0.25, 0.3) is 10.9 Å². The molecule has 2 aromatic rings. The van der Waals surface area contributed by atoms with Crippen molar-refractivity contribution in [2.24, 2.45) is 0 Å². The molecule has 0 aliphatic rings. The third-order valence-electron chi connectivity index (χ3n) is 2.68. The van der Waals surface area contributed by atoms with Crippen molar-refractivity contribution in [2.45, 2.75) is 6.10 Å². The molecule has 96 valence electrons. The van der Waals surface area contributed by atoms with Crippen LogP contribution in [0.2, 0.25) is 0 Å². The number of likely N-dealkylation sites (N-methyl/N-ethyl adjacent to an activating group) is 1. The third kappa shape index (κ3) is 2.97. The van der Waals surface area contributed by atoms with Crippen molar-refractivity contribution in [3.63, 3.8) is 0 Å². The topological polar surface area (TPSA) is 43.4 Å². The lowest BCUT2D eigenvalue weighted by molar-refractivity contribution is 0.0829. The largest absolute Gasteiger partial charge is 0.486 e. The smallest absolute Gasteiger partial charge is 0.134 e. The number of nitrogens with zero attached hydrogens (tertiary/aromatic N) is 1. The van der Waals surface area contributed by atoms with E-state index in [1.54, 1.807) is 13.3 Å². The SMILES string of the molecule is CNCC(COC)Oc1cccc2ncccc12. The van der Waals surface area contributed by atoms with Gasteiger partial charge in [-0.25, -0.2) is 0 Å². The fraction of sp³-hybridized carbons (Fsp3) is 0.357. The van der Waals surface area contributed by atoms with Crippen LogP contribution in [0.5, 0.6) is 5.75 Å². The maximum Gasteiger partial charge on any atom is 0.134 e. The summed E-state index contributed by atoms with van der Waals surface area (Å²) < 4.78 is 11.1. The van der Waals surface area contributed by atoms with Crippen LogP contribution in [0.1, 0.15) is 0 Å². The lowest BCUT2D eigenvalue weighted by Gasteiger charge is -2.19. The molecule has 1 atom stereocenters. The zero-order valence-electron chi connectivity index (χ0n) is 10.7. The summed E-state index contributed by atoms with van der Waals surface area (Å²) in [6, 6.07) is 9.82. The zero-order chi connectivity index (χ0) is 12.8. The lowest BCUT2D eigenvalue weighted by Crippen LogP contribution is -2.33. The Labute approximate surface area is 107 Å². The summed E-state index contributed by atoms with van der Waals surface area (Å²) in [5.41, 5.74) is 0.940. The molecule has 1 heterocycles. The molecule has 0 aliphatic carbocycles. The second kappa shape index (κ2) is 6.33. The maximum atomic E-state index is 5.98. The average Bonchev–Trinajstić information content (AvgIpc) is 2.40. The van der Waals surface area contributed by atoms with Crippen molar-refractivity contribution in [2.75, 3.05) is 27.3 Å². The van der Waals surface area contributed by atoms with Crippen molar-refractivity contribution < 1.29 is 9.47 Å². The fourth-order valence-electron chi connectivity index (χ4n) is 1.91. The molecule has 1 aromatic carbocycles. The van der Waals surface area contributed by atoms with E-state index in [0.717, 1.165) is 23.2 Å². The third-order valence-corrected chi connectivity index (χ3v) is 2.68. The summed E-state index contributed by atoms with van der Waals surface area (Å²) in [4.78, 5) is 4.31. The van der Waals surface area contributed by atoms with E-state index in [2.05, 4.69) is 10.3 Å². The number of nitrogens with one attached hydrogen (secondary N) is 1. The summed E-state index contributed by atoms with van der Waals surface area (Å²) >= 11 is 0. The Morgan fingerprint density at radius 2 is 2.17 bits per heavy atom. The predicted octanol–water partition coefficient (Wildman–Crippen LogP) is 1.85. The molecule has 0 aliphatic heterocycles. The highest BCUT2D eigenvalue weighted by Gasteiger charge is 2.11. The van der Waals surface area contributed by atoms with Crippen LogP contribution >= 0.6 is 0 Å². The van der Waals surface area contributed by atoms with Crippen LogP contribution in [0, 0.1) is 0 Å². The van der Waals surface area contributed by atoms with Crippen LogP contribution in [0.15, 0.2) is 36.5 Å². The molecule has 2 rings (SSSR count). The van der Waals surface area contributed by atoms with Crippen LogP contribution < -0.4 is 10.1 Å². The first-order valence-corrected chi connectivity index (χ1v) is 5.99. The fourth-order valence-corrected chi connectivity index (χ4v) is 1.91. The van der Waals surface area contributed by atoms with Crippen molar-refractivity contribution in [3.8, 4) is 5.75 Å². The van der Waals surface area contributed by atoms with Gasteiger partial charge in [-0.2, -0.15) is 0 Å². The average molecular weight is 246 g/mol. The maximum absolute atomic E-state index is 5.98.